The summed E-state index contributed by atoms with van der Waals surface area (Å²) in [5.74, 6) is 0.724. The van der Waals surface area contributed by atoms with E-state index in [9.17, 15) is 4.79 Å². The van der Waals surface area contributed by atoms with Gasteiger partial charge in [-0.3, -0.25) is 4.79 Å². The van der Waals surface area contributed by atoms with E-state index in [0.717, 1.165) is 36.4 Å². The molecular weight excluding hydrogens is 264 g/mol. The molecule has 2 N–H and O–H groups in total. The van der Waals surface area contributed by atoms with Crippen LogP contribution in [0.5, 0.6) is 5.75 Å². The second-order valence-corrected chi connectivity index (χ2v) is 5.92. The largest absolute Gasteiger partial charge is 0.483 e. The average molecular weight is 292 g/mol. The Bertz CT molecular complexity index is 470. The van der Waals surface area contributed by atoms with Crippen molar-refractivity contribution in [3.8, 4) is 5.75 Å². The minimum atomic E-state index is -0.196. The monoisotopic (exact) mass is 292 g/mol. The lowest BCUT2D eigenvalue weighted by molar-refractivity contribution is -0.124. The lowest BCUT2D eigenvalue weighted by atomic mass is 10.0. The van der Waals surface area contributed by atoms with Crippen molar-refractivity contribution in [2.24, 2.45) is 0 Å². The first-order valence-electron chi connectivity index (χ1n) is 7.62. The molecular formula is C17H28N2O2. The number of rotatable bonds is 8. The zero-order chi connectivity index (χ0) is 15.9. The van der Waals surface area contributed by atoms with Crippen LogP contribution in [0.4, 0.5) is 0 Å². The van der Waals surface area contributed by atoms with Crippen LogP contribution in [0, 0.1) is 6.92 Å². The van der Waals surface area contributed by atoms with E-state index in [4.69, 9.17) is 4.74 Å². The third-order valence-electron chi connectivity index (χ3n) is 3.57. The van der Waals surface area contributed by atoms with Gasteiger partial charge in [-0.1, -0.05) is 32.0 Å². The standard InChI is InChI=1S/C17H28N2O2/c1-6-17(4,5)19-15(20)12-21-16-13(3)9-8-10-14(16)11-18-7-2/h8-10,18H,6-7,11-12H2,1-5H3,(H,19,20). The Morgan fingerprint density at radius 1 is 1.29 bits per heavy atom. The highest BCUT2D eigenvalue weighted by atomic mass is 16.5. The van der Waals surface area contributed by atoms with Crippen LogP contribution in [0.3, 0.4) is 0 Å². The maximum Gasteiger partial charge on any atom is 0.258 e. The number of amides is 1. The Kier molecular flexibility index (Phi) is 6.69. The molecule has 0 bridgehead atoms. The Labute approximate surface area is 128 Å². The summed E-state index contributed by atoms with van der Waals surface area (Å²) in [5.41, 5.74) is 1.94. The van der Waals surface area contributed by atoms with E-state index in [0.29, 0.717) is 0 Å². The summed E-state index contributed by atoms with van der Waals surface area (Å²) in [7, 11) is 0. The van der Waals surface area contributed by atoms with Gasteiger partial charge < -0.3 is 15.4 Å². The van der Waals surface area contributed by atoms with Crippen molar-refractivity contribution >= 4 is 5.91 Å². The maximum absolute atomic E-state index is 12.0. The molecule has 0 aliphatic carbocycles. The van der Waals surface area contributed by atoms with E-state index in [2.05, 4.69) is 24.5 Å². The van der Waals surface area contributed by atoms with Gasteiger partial charge in [0, 0.05) is 17.6 Å². The number of aryl methyl sites for hydroxylation is 1. The third-order valence-corrected chi connectivity index (χ3v) is 3.57. The molecule has 0 atom stereocenters. The fraction of sp³-hybridized carbons (Fsp3) is 0.588. The summed E-state index contributed by atoms with van der Waals surface area (Å²) in [6.07, 6.45) is 0.884. The van der Waals surface area contributed by atoms with Crippen molar-refractivity contribution < 1.29 is 9.53 Å². The Hall–Kier alpha value is -1.55. The third kappa shape index (κ3) is 5.76. The summed E-state index contributed by atoms with van der Waals surface area (Å²) in [6, 6.07) is 6.03. The van der Waals surface area contributed by atoms with Crippen LogP contribution in [0.1, 0.15) is 45.2 Å². The average Bonchev–Trinajstić information content (AvgIpc) is 2.43. The van der Waals surface area contributed by atoms with Gasteiger partial charge in [0.25, 0.3) is 5.91 Å². The number of ether oxygens (including phenoxy) is 1. The van der Waals surface area contributed by atoms with Crippen molar-refractivity contribution in [2.75, 3.05) is 13.2 Å². The summed E-state index contributed by atoms with van der Waals surface area (Å²) in [6.45, 7) is 11.8. The number of benzene rings is 1. The number of nitrogens with one attached hydrogen (secondary N) is 2. The van der Waals surface area contributed by atoms with Crippen molar-refractivity contribution in [2.45, 2.75) is 53.1 Å². The SMILES string of the molecule is CCNCc1cccc(C)c1OCC(=O)NC(C)(C)CC. The topological polar surface area (TPSA) is 50.4 Å². The van der Waals surface area contributed by atoms with Crippen LogP contribution < -0.4 is 15.4 Å². The molecule has 1 amide bonds. The molecule has 1 aromatic carbocycles. The molecule has 4 heteroatoms. The highest BCUT2D eigenvalue weighted by Crippen LogP contribution is 2.23. The maximum atomic E-state index is 12.0. The van der Waals surface area contributed by atoms with Crippen molar-refractivity contribution in [3.05, 3.63) is 29.3 Å². The molecule has 0 aliphatic heterocycles. The summed E-state index contributed by atoms with van der Waals surface area (Å²) < 4.78 is 5.77. The Morgan fingerprint density at radius 3 is 2.62 bits per heavy atom. The van der Waals surface area contributed by atoms with E-state index < -0.39 is 0 Å². The molecule has 0 saturated heterocycles. The van der Waals surface area contributed by atoms with Gasteiger partial charge >= 0.3 is 0 Å². The summed E-state index contributed by atoms with van der Waals surface area (Å²) in [5, 5.41) is 6.27. The second kappa shape index (κ2) is 8.03. The van der Waals surface area contributed by atoms with E-state index in [1.54, 1.807) is 0 Å². The Balaban J connectivity index is 2.68. The van der Waals surface area contributed by atoms with Gasteiger partial charge in [0.05, 0.1) is 0 Å². The zero-order valence-corrected chi connectivity index (χ0v) is 13.9. The summed E-state index contributed by atoms with van der Waals surface area (Å²) in [4.78, 5) is 12.0. The van der Waals surface area contributed by atoms with Gasteiger partial charge in [-0.2, -0.15) is 0 Å². The molecule has 0 aliphatic rings. The Morgan fingerprint density at radius 2 is 2.00 bits per heavy atom. The van der Waals surface area contributed by atoms with Crippen LogP contribution in [-0.4, -0.2) is 24.6 Å². The number of hydrogen-bond acceptors (Lipinski definition) is 3. The van der Waals surface area contributed by atoms with Crippen molar-refractivity contribution in [1.82, 2.24) is 10.6 Å². The quantitative estimate of drug-likeness (QED) is 0.774. The fourth-order valence-electron chi connectivity index (χ4n) is 1.96. The van der Waals surface area contributed by atoms with E-state index in [1.807, 2.05) is 39.0 Å². The number of para-hydroxylation sites is 1. The van der Waals surface area contributed by atoms with E-state index in [1.165, 1.54) is 0 Å². The number of carbonyl (C=O) groups excluding carboxylic acids is 1. The molecule has 4 nitrogen and oxygen atoms in total. The van der Waals surface area contributed by atoms with Crippen LogP contribution in [0.15, 0.2) is 18.2 Å². The van der Waals surface area contributed by atoms with Crippen LogP contribution in [-0.2, 0) is 11.3 Å². The molecule has 1 rings (SSSR count). The van der Waals surface area contributed by atoms with Crippen LogP contribution in [0.25, 0.3) is 0 Å². The van der Waals surface area contributed by atoms with Crippen molar-refractivity contribution in [1.29, 1.82) is 0 Å². The predicted molar refractivity (Wildman–Crippen MR) is 86.6 cm³/mol. The van der Waals surface area contributed by atoms with Gasteiger partial charge in [-0.05, 0) is 39.3 Å². The molecule has 118 valence electrons. The minimum Gasteiger partial charge on any atom is -0.483 e. The van der Waals surface area contributed by atoms with Gasteiger partial charge in [0.2, 0.25) is 0 Å². The second-order valence-electron chi connectivity index (χ2n) is 5.92. The number of hydrogen-bond donors (Lipinski definition) is 2. The first kappa shape index (κ1) is 17.5. The van der Waals surface area contributed by atoms with Gasteiger partial charge in [-0.15, -0.1) is 0 Å². The van der Waals surface area contributed by atoms with Crippen molar-refractivity contribution in [3.63, 3.8) is 0 Å². The molecule has 0 aromatic heterocycles. The normalized spacial score (nSPS) is 11.3. The molecule has 0 unspecified atom stereocenters. The zero-order valence-electron chi connectivity index (χ0n) is 13.9. The lowest BCUT2D eigenvalue weighted by Crippen LogP contribution is -2.45. The number of carbonyl (C=O) groups is 1. The van der Waals surface area contributed by atoms with E-state index >= 15 is 0 Å². The fourth-order valence-corrected chi connectivity index (χ4v) is 1.96. The highest BCUT2D eigenvalue weighted by molar-refractivity contribution is 5.78. The molecule has 0 heterocycles. The van der Waals surface area contributed by atoms with Gasteiger partial charge in [-0.25, -0.2) is 0 Å². The minimum absolute atomic E-state index is 0.0490. The highest BCUT2D eigenvalue weighted by Gasteiger charge is 2.18. The molecule has 21 heavy (non-hydrogen) atoms. The van der Waals surface area contributed by atoms with Crippen LogP contribution >= 0.6 is 0 Å². The smallest absolute Gasteiger partial charge is 0.258 e. The molecule has 0 spiro atoms. The molecule has 0 saturated carbocycles. The first-order chi connectivity index (χ1) is 9.89. The van der Waals surface area contributed by atoms with E-state index in [-0.39, 0.29) is 18.1 Å². The summed E-state index contributed by atoms with van der Waals surface area (Å²) >= 11 is 0. The molecule has 0 fully saturated rings. The van der Waals surface area contributed by atoms with Crippen LogP contribution in [0.2, 0.25) is 0 Å². The van der Waals surface area contributed by atoms with Gasteiger partial charge in [0.15, 0.2) is 6.61 Å². The lowest BCUT2D eigenvalue weighted by Gasteiger charge is -2.24. The molecule has 0 radical (unpaired) electrons. The predicted octanol–water partition coefficient (Wildman–Crippen LogP) is 2.79. The molecule has 1 aromatic rings. The first-order valence-corrected chi connectivity index (χ1v) is 7.62. The van der Waals surface area contributed by atoms with Gasteiger partial charge in [0.1, 0.15) is 5.75 Å².